The fraction of sp³-hybridized carbons (Fsp3) is 0.417. The van der Waals surface area contributed by atoms with Crippen LogP contribution in [0.15, 0.2) is 18.2 Å². The van der Waals surface area contributed by atoms with Gasteiger partial charge >= 0.3 is 11.9 Å². The molecule has 0 radical (unpaired) electrons. The van der Waals surface area contributed by atoms with E-state index in [1.54, 1.807) is 0 Å². The number of halogens is 4. The molecule has 106 valence electrons. The van der Waals surface area contributed by atoms with Gasteiger partial charge in [0.2, 0.25) is 0 Å². The standard InChI is InChI=1S/C12H12ClF3O3/c1-3-19-10(17)12(15,16)11(2,18)7-4-5-9(14)8(13)6-7/h4-6,18H,3H2,1-2H3. The maximum absolute atomic E-state index is 13.8. The number of hydrogen-bond donors (Lipinski definition) is 1. The third-order valence-corrected chi connectivity index (χ3v) is 2.91. The van der Waals surface area contributed by atoms with Crippen LogP contribution in [0, 0.1) is 5.82 Å². The normalized spacial score (nSPS) is 14.9. The SMILES string of the molecule is CCOC(=O)C(F)(F)C(C)(O)c1ccc(F)c(Cl)c1. The first-order valence-electron chi connectivity index (χ1n) is 5.37. The summed E-state index contributed by atoms with van der Waals surface area (Å²) in [6, 6.07) is 2.59. The van der Waals surface area contributed by atoms with Gasteiger partial charge in [0, 0.05) is 0 Å². The highest BCUT2D eigenvalue weighted by molar-refractivity contribution is 6.30. The highest BCUT2D eigenvalue weighted by Crippen LogP contribution is 2.39. The smallest absolute Gasteiger partial charge is 0.380 e. The third-order valence-electron chi connectivity index (χ3n) is 2.62. The lowest BCUT2D eigenvalue weighted by molar-refractivity contribution is -0.212. The van der Waals surface area contributed by atoms with Crippen LogP contribution in [0.25, 0.3) is 0 Å². The van der Waals surface area contributed by atoms with E-state index >= 15 is 0 Å². The van der Waals surface area contributed by atoms with Gasteiger partial charge in [-0.3, -0.25) is 0 Å². The quantitative estimate of drug-likeness (QED) is 0.869. The second-order valence-electron chi connectivity index (χ2n) is 4.00. The van der Waals surface area contributed by atoms with Crippen LogP contribution < -0.4 is 0 Å². The van der Waals surface area contributed by atoms with Crippen LogP contribution in [-0.4, -0.2) is 23.6 Å². The third kappa shape index (κ3) is 2.84. The van der Waals surface area contributed by atoms with Crippen molar-refractivity contribution >= 4 is 17.6 Å². The van der Waals surface area contributed by atoms with Gasteiger partial charge < -0.3 is 9.84 Å². The summed E-state index contributed by atoms with van der Waals surface area (Å²) in [6.45, 7) is 1.83. The van der Waals surface area contributed by atoms with Gasteiger partial charge in [-0.25, -0.2) is 9.18 Å². The molecule has 19 heavy (non-hydrogen) atoms. The van der Waals surface area contributed by atoms with Gasteiger partial charge in [-0.05, 0) is 31.5 Å². The molecule has 0 amide bonds. The Balaban J connectivity index is 3.21. The number of benzene rings is 1. The van der Waals surface area contributed by atoms with Crippen LogP contribution >= 0.6 is 11.6 Å². The van der Waals surface area contributed by atoms with Gasteiger partial charge in [0.1, 0.15) is 5.82 Å². The zero-order valence-corrected chi connectivity index (χ0v) is 11.0. The Labute approximate surface area is 112 Å². The van der Waals surface area contributed by atoms with Gasteiger partial charge in [-0.1, -0.05) is 17.7 Å². The Morgan fingerprint density at radius 3 is 2.53 bits per heavy atom. The van der Waals surface area contributed by atoms with E-state index in [1.165, 1.54) is 6.92 Å². The highest BCUT2D eigenvalue weighted by atomic mass is 35.5. The molecule has 1 aromatic rings. The average Bonchev–Trinajstić information content (AvgIpc) is 2.32. The molecule has 0 saturated carbocycles. The predicted octanol–water partition coefficient (Wildman–Crippen LogP) is 2.89. The Kier molecular flexibility index (Phi) is 4.47. The van der Waals surface area contributed by atoms with Crippen LogP contribution in [0.3, 0.4) is 0 Å². The van der Waals surface area contributed by atoms with Crippen molar-refractivity contribution in [2.45, 2.75) is 25.4 Å². The van der Waals surface area contributed by atoms with Crippen molar-refractivity contribution < 1.29 is 27.8 Å². The number of alkyl halides is 2. The van der Waals surface area contributed by atoms with E-state index in [9.17, 15) is 23.1 Å². The fourth-order valence-electron chi connectivity index (χ4n) is 1.40. The number of esters is 1. The van der Waals surface area contributed by atoms with Gasteiger partial charge in [0.05, 0.1) is 11.6 Å². The van der Waals surface area contributed by atoms with Crippen molar-refractivity contribution in [3.05, 3.63) is 34.6 Å². The van der Waals surface area contributed by atoms with Crippen molar-refractivity contribution in [3.63, 3.8) is 0 Å². The highest BCUT2D eigenvalue weighted by Gasteiger charge is 2.57. The van der Waals surface area contributed by atoms with Crippen LogP contribution in [-0.2, 0) is 15.1 Å². The van der Waals surface area contributed by atoms with Crippen molar-refractivity contribution in [2.75, 3.05) is 6.61 Å². The Hall–Kier alpha value is -1.27. The summed E-state index contributed by atoms with van der Waals surface area (Å²) in [5.74, 6) is -6.87. The lowest BCUT2D eigenvalue weighted by Crippen LogP contribution is -2.49. The van der Waals surface area contributed by atoms with Gasteiger partial charge in [-0.15, -0.1) is 0 Å². The molecule has 1 aromatic carbocycles. The molecule has 3 nitrogen and oxygen atoms in total. The molecule has 0 bridgehead atoms. The zero-order valence-electron chi connectivity index (χ0n) is 10.2. The molecule has 0 fully saturated rings. The number of rotatable bonds is 4. The van der Waals surface area contributed by atoms with Crippen molar-refractivity contribution in [2.24, 2.45) is 0 Å². The molecule has 0 aliphatic rings. The maximum Gasteiger partial charge on any atom is 0.380 e. The molecular weight excluding hydrogens is 285 g/mol. The average molecular weight is 297 g/mol. The van der Waals surface area contributed by atoms with E-state index in [0.717, 1.165) is 25.1 Å². The second-order valence-corrected chi connectivity index (χ2v) is 4.40. The first-order valence-corrected chi connectivity index (χ1v) is 5.75. The van der Waals surface area contributed by atoms with E-state index in [2.05, 4.69) is 4.74 Å². The molecule has 1 atom stereocenters. The van der Waals surface area contributed by atoms with E-state index in [1.807, 2.05) is 0 Å². The summed E-state index contributed by atoms with van der Waals surface area (Å²) in [5.41, 5.74) is -3.26. The predicted molar refractivity (Wildman–Crippen MR) is 62.6 cm³/mol. The Bertz CT molecular complexity index is 489. The first-order chi connectivity index (χ1) is 8.64. The summed E-state index contributed by atoms with van der Waals surface area (Å²) < 4.78 is 44.9. The van der Waals surface area contributed by atoms with E-state index in [0.29, 0.717) is 0 Å². The first kappa shape index (κ1) is 15.8. The summed E-state index contributed by atoms with van der Waals surface area (Å²) in [6.07, 6.45) is 0. The number of carbonyl (C=O) groups excluding carboxylic acids is 1. The van der Waals surface area contributed by atoms with Gasteiger partial charge in [0.25, 0.3) is 0 Å². The molecule has 0 spiro atoms. The van der Waals surface area contributed by atoms with Crippen molar-refractivity contribution in [3.8, 4) is 0 Å². The van der Waals surface area contributed by atoms with Crippen LogP contribution in [0.5, 0.6) is 0 Å². The van der Waals surface area contributed by atoms with Crippen molar-refractivity contribution in [1.82, 2.24) is 0 Å². The zero-order chi connectivity index (χ0) is 14.8. The molecule has 0 aliphatic carbocycles. The molecular formula is C12H12ClF3O3. The van der Waals surface area contributed by atoms with Gasteiger partial charge in [0.15, 0.2) is 5.60 Å². The van der Waals surface area contributed by atoms with Crippen LogP contribution in [0.2, 0.25) is 5.02 Å². The lowest BCUT2D eigenvalue weighted by atomic mass is 9.89. The summed E-state index contributed by atoms with van der Waals surface area (Å²) >= 11 is 5.46. The lowest BCUT2D eigenvalue weighted by Gasteiger charge is -2.31. The van der Waals surface area contributed by atoms with Crippen LogP contribution in [0.4, 0.5) is 13.2 Å². The fourth-order valence-corrected chi connectivity index (χ4v) is 1.58. The van der Waals surface area contributed by atoms with Crippen molar-refractivity contribution in [1.29, 1.82) is 0 Å². The van der Waals surface area contributed by atoms with E-state index in [-0.39, 0.29) is 6.61 Å². The molecule has 1 rings (SSSR count). The molecule has 1 N–H and O–H groups in total. The number of hydrogen-bond acceptors (Lipinski definition) is 3. The molecule has 0 heterocycles. The molecule has 7 heteroatoms. The summed E-state index contributed by atoms with van der Waals surface area (Å²) in [5, 5.41) is 9.46. The second kappa shape index (κ2) is 5.38. The molecule has 1 unspecified atom stereocenters. The minimum atomic E-state index is -4.19. The summed E-state index contributed by atoms with van der Waals surface area (Å²) in [7, 11) is 0. The monoisotopic (exact) mass is 296 g/mol. The minimum absolute atomic E-state index is 0.255. The molecule has 0 aliphatic heterocycles. The Morgan fingerprint density at radius 2 is 2.05 bits per heavy atom. The van der Waals surface area contributed by atoms with Crippen LogP contribution in [0.1, 0.15) is 19.4 Å². The summed E-state index contributed by atoms with van der Waals surface area (Å²) in [4.78, 5) is 11.2. The van der Waals surface area contributed by atoms with Gasteiger partial charge in [-0.2, -0.15) is 8.78 Å². The molecule has 0 saturated heterocycles. The number of carbonyl (C=O) groups is 1. The minimum Gasteiger partial charge on any atom is -0.461 e. The Morgan fingerprint density at radius 1 is 1.47 bits per heavy atom. The number of ether oxygens (including phenoxy) is 1. The van der Waals surface area contributed by atoms with E-state index < -0.39 is 33.9 Å². The largest absolute Gasteiger partial charge is 0.461 e. The number of aliphatic hydroxyl groups is 1. The molecule has 0 aromatic heterocycles. The van der Waals surface area contributed by atoms with E-state index in [4.69, 9.17) is 11.6 Å². The maximum atomic E-state index is 13.8. The topological polar surface area (TPSA) is 46.5 Å².